The van der Waals surface area contributed by atoms with Crippen LogP contribution in [0.25, 0.3) is 0 Å². The smallest absolute Gasteiger partial charge is 0.313 e. The number of para-hydroxylation sites is 1. The number of fused-ring (bicyclic) bond motifs is 1. The highest BCUT2D eigenvalue weighted by atomic mass is 35.5. The van der Waals surface area contributed by atoms with Crippen molar-refractivity contribution in [3.63, 3.8) is 0 Å². The highest BCUT2D eigenvalue weighted by molar-refractivity contribution is 7.10. The zero-order chi connectivity index (χ0) is 20.2. The lowest BCUT2D eigenvalue weighted by molar-refractivity contribution is -0.136. The summed E-state index contributed by atoms with van der Waals surface area (Å²) in [6, 6.07) is 19.0. The van der Waals surface area contributed by atoms with Crippen LogP contribution in [0.2, 0.25) is 5.02 Å². The molecule has 3 aromatic rings. The lowest BCUT2D eigenvalue weighted by Gasteiger charge is -2.30. The van der Waals surface area contributed by atoms with Gasteiger partial charge in [0.05, 0.1) is 6.04 Å². The van der Waals surface area contributed by atoms with Crippen LogP contribution >= 0.6 is 22.9 Å². The van der Waals surface area contributed by atoms with Crippen molar-refractivity contribution in [2.75, 3.05) is 23.3 Å². The van der Waals surface area contributed by atoms with E-state index in [9.17, 15) is 9.59 Å². The topological polar surface area (TPSA) is 61.4 Å². The third-order valence-corrected chi connectivity index (χ3v) is 6.16. The summed E-state index contributed by atoms with van der Waals surface area (Å²) in [6.45, 7) is 1.23. The Balaban J connectivity index is 1.44. The van der Waals surface area contributed by atoms with E-state index in [0.29, 0.717) is 17.3 Å². The minimum absolute atomic E-state index is 0.0223. The van der Waals surface area contributed by atoms with E-state index in [4.69, 9.17) is 11.6 Å². The Labute approximate surface area is 178 Å². The van der Waals surface area contributed by atoms with E-state index in [1.165, 1.54) is 11.3 Å². The van der Waals surface area contributed by atoms with E-state index in [0.717, 1.165) is 17.8 Å². The molecule has 4 rings (SSSR count). The normalized spacial score (nSPS) is 13.6. The van der Waals surface area contributed by atoms with Crippen molar-refractivity contribution in [3.05, 3.63) is 81.5 Å². The highest BCUT2D eigenvalue weighted by Gasteiger charge is 2.28. The van der Waals surface area contributed by atoms with Crippen LogP contribution in [0.3, 0.4) is 0 Å². The number of rotatable bonds is 5. The largest absolute Gasteiger partial charge is 0.361 e. The fourth-order valence-corrected chi connectivity index (χ4v) is 4.49. The maximum absolute atomic E-state index is 12.4. The summed E-state index contributed by atoms with van der Waals surface area (Å²) >= 11 is 7.50. The second-order valence-electron chi connectivity index (χ2n) is 6.77. The van der Waals surface area contributed by atoms with Gasteiger partial charge in [0.25, 0.3) is 0 Å². The molecule has 2 heterocycles. The Morgan fingerprint density at radius 3 is 2.59 bits per heavy atom. The van der Waals surface area contributed by atoms with Crippen LogP contribution in [0.4, 0.5) is 11.4 Å². The van der Waals surface area contributed by atoms with Crippen LogP contribution < -0.4 is 15.5 Å². The lowest BCUT2D eigenvalue weighted by atomic mass is 10.1. The van der Waals surface area contributed by atoms with Crippen LogP contribution in [0.5, 0.6) is 0 Å². The summed E-state index contributed by atoms with van der Waals surface area (Å²) in [6.07, 6.45) is 0.975. The quantitative estimate of drug-likeness (QED) is 0.600. The summed E-state index contributed by atoms with van der Waals surface area (Å²) in [4.78, 5) is 28.1. The van der Waals surface area contributed by atoms with Crippen molar-refractivity contribution in [2.45, 2.75) is 12.5 Å². The molecule has 0 radical (unpaired) electrons. The Morgan fingerprint density at radius 2 is 1.83 bits per heavy atom. The van der Waals surface area contributed by atoms with Crippen molar-refractivity contribution in [1.29, 1.82) is 0 Å². The Hall–Kier alpha value is -2.83. The maximum Gasteiger partial charge on any atom is 0.313 e. The molecule has 2 N–H and O–H groups in total. The van der Waals surface area contributed by atoms with Crippen LogP contribution in [-0.4, -0.2) is 24.9 Å². The van der Waals surface area contributed by atoms with Crippen LogP contribution in [0.1, 0.15) is 16.5 Å². The summed E-state index contributed by atoms with van der Waals surface area (Å²) in [5.74, 6) is -1.35. The van der Waals surface area contributed by atoms with Gasteiger partial charge < -0.3 is 15.5 Å². The Kier molecular flexibility index (Phi) is 5.83. The zero-order valence-corrected chi connectivity index (χ0v) is 17.2. The molecular formula is C22H20ClN3O2S. The number of hydrogen-bond acceptors (Lipinski definition) is 4. The number of thiophene rings is 1. The van der Waals surface area contributed by atoms with Crippen molar-refractivity contribution in [3.8, 4) is 0 Å². The van der Waals surface area contributed by atoms with Gasteiger partial charge in [-0.15, -0.1) is 11.3 Å². The SMILES string of the molecule is O=C(NCC(c1cccs1)N1CCc2ccccc21)C(=O)Nc1ccc(Cl)cc1. The van der Waals surface area contributed by atoms with Gasteiger partial charge in [0.15, 0.2) is 0 Å². The van der Waals surface area contributed by atoms with Crippen LogP contribution in [0.15, 0.2) is 66.0 Å². The molecule has 29 heavy (non-hydrogen) atoms. The molecule has 0 saturated carbocycles. The molecule has 0 aliphatic carbocycles. The number of benzene rings is 2. The first-order valence-electron chi connectivity index (χ1n) is 9.34. The van der Waals surface area contributed by atoms with E-state index < -0.39 is 11.8 Å². The molecule has 2 aromatic carbocycles. The molecule has 1 aliphatic rings. The van der Waals surface area contributed by atoms with Crippen LogP contribution in [0, 0.1) is 0 Å². The molecule has 2 amide bonds. The highest BCUT2D eigenvalue weighted by Crippen LogP contribution is 2.36. The second-order valence-corrected chi connectivity index (χ2v) is 8.19. The zero-order valence-electron chi connectivity index (χ0n) is 15.6. The number of amides is 2. The van der Waals surface area contributed by atoms with Gasteiger partial charge in [-0.25, -0.2) is 0 Å². The van der Waals surface area contributed by atoms with Crippen molar-refractivity contribution in [2.24, 2.45) is 0 Å². The number of carbonyl (C=O) groups is 2. The molecule has 0 saturated heterocycles. The Morgan fingerprint density at radius 1 is 1.03 bits per heavy atom. The van der Waals surface area contributed by atoms with Gasteiger partial charge in [0, 0.05) is 34.4 Å². The number of hydrogen-bond donors (Lipinski definition) is 2. The van der Waals surface area contributed by atoms with Gasteiger partial charge in [0.1, 0.15) is 0 Å². The predicted molar refractivity (Wildman–Crippen MR) is 118 cm³/mol. The van der Waals surface area contributed by atoms with Gasteiger partial charge in [-0.05, 0) is 53.8 Å². The molecule has 148 valence electrons. The van der Waals surface area contributed by atoms with E-state index >= 15 is 0 Å². The van der Waals surface area contributed by atoms with E-state index in [-0.39, 0.29) is 6.04 Å². The lowest BCUT2D eigenvalue weighted by Crippen LogP contribution is -2.41. The third kappa shape index (κ3) is 4.44. The van der Waals surface area contributed by atoms with Gasteiger partial charge >= 0.3 is 11.8 Å². The molecule has 1 aliphatic heterocycles. The first-order valence-corrected chi connectivity index (χ1v) is 10.6. The first kappa shape index (κ1) is 19.5. The average molecular weight is 426 g/mol. The summed E-state index contributed by atoms with van der Waals surface area (Å²) in [5, 5.41) is 7.98. The predicted octanol–water partition coefficient (Wildman–Crippen LogP) is 4.26. The molecule has 0 spiro atoms. The van der Waals surface area contributed by atoms with Gasteiger partial charge in [-0.1, -0.05) is 35.9 Å². The van der Waals surface area contributed by atoms with E-state index in [2.05, 4.69) is 33.7 Å². The summed E-state index contributed by atoms with van der Waals surface area (Å²) in [5.41, 5.74) is 3.02. The first-order chi connectivity index (χ1) is 14.1. The third-order valence-electron chi connectivity index (χ3n) is 4.94. The van der Waals surface area contributed by atoms with E-state index in [1.807, 2.05) is 23.6 Å². The molecule has 7 heteroatoms. The minimum Gasteiger partial charge on any atom is -0.361 e. The molecule has 1 unspecified atom stereocenters. The number of carbonyl (C=O) groups excluding carboxylic acids is 2. The molecule has 0 fully saturated rings. The van der Waals surface area contributed by atoms with Gasteiger partial charge in [0.2, 0.25) is 0 Å². The molecular weight excluding hydrogens is 406 g/mol. The fourth-order valence-electron chi connectivity index (χ4n) is 3.52. The van der Waals surface area contributed by atoms with Crippen molar-refractivity contribution in [1.82, 2.24) is 5.32 Å². The van der Waals surface area contributed by atoms with Crippen LogP contribution in [-0.2, 0) is 16.0 Å². The standard InChI is InChI=1S/C22H20ClN3O2S/c23-16-7-9-17(10-8-16)25-22(28)21(27)24-14-19(20-6-3-13-29-20)26-12-11-15-4-1-2-5-18(15)26/h1-10,13,19H,11-12,14H2,(H,24,27)(H,25,28). The molecule has 1 aromatic heterocycles. The maximum atomic E-state index is 12.4. The van der Waals surface area contributed by atoms with Crippen molar-refractivity contribution < 1.29 is 9.59 Å². The summed E-state index contributed by atoms with van der Waals surface area (Å²) < 4.78 is 0. The molecule has 0 bridgehead atoms. The average Bonchev–Trinajstić information content (AvgIpc) is 3.40. The number of nitrogens with one attached hydrogen (secondary N) is 2. The Bertz CT molecular complexity index is 1010. The van der Waals surface area contributed by atoms with E-state index in [1.54, 1.807) is 35.6 Å². The summed E-state index contributed by atoms with van der Waals surface area (Å²) in [7, 11) is 0. The molecule has 1 atom stereocenters. The van der Waals surface area contributed by atoms with Crippen molar-refractivity contribution >= 4 is 46.1 Å². The van der Waals surface area contributed by atoms with Gasteiger partial charge in [-0.2, -0.15) is 0 Å². The monoisotopic (exact) mass is 425 g/mol. The van der Waals surface area contributed by atoms with Gasteiger partial charge in [-0.3, -0.25) is 9.59 Å². The molecule has 5 nitrogen and oxygen atoms in total. The second kappa shape index (κ2) is 8.68. The minimum atomic E-state index is -0.695. The fraction of sp³-hybridized carbons (Fsp3) is 0.182. The number of nitrogens with zero attached hydrogens (tertiary/aromatic N) is 1. The number of anilines is 2. The number of halogens is 1.